The molecule has 2 aliphatic rings. The number of aliphatic carboxylic acids is 1. The number of methoxy groups -OCH3 is 1. The lowest BCUT2D eigenvalue weighted by atomic mass is 9.84. The van der Waals surface area contributed by atoms with Crippen molar-refractivity contribution in [3.8, 4) is 17.2 Å². The van der Waals surface area contributed by atoms with Crippen LogP contribution in [0.3, 0.4) is 0 Å². The average molecular weight is 531 g/mol. The first-order chi connectivity index (χ1) is 18.5. The fourth-order valence-electron chi connectivity index (χ4n) is 5.50. The van der Waals surface area contributed by atoms with Gasteiger partial charge in [0.05, 0.1) is 19.6 Å². The highest BCUT2D eigenvalue weighted by molar-refractivity contribution is 5.79. The van der Waals surface area contributed by atoms with Gasteiger partial charge in [-0.05, 0) is 43.0 Å². The molecule has 2 aromatic rings. The SMILES string of the molecule is CCCCN(CCCO)C(=O)CN1C[C@H](c2cc(OC)c3c(c2)OCO3)[C@@H](C(=O)O)[C@@H]1CCn1cccn1. The fraction of sp³-hybridized carbons (Fsp3) is 0.593. The van der Waals surface area contributed by atoms with Crippen molar-refractivity contribution in [3.63, 3.8) is 0 Å². The molecule has 208 valence electrons. The molecule has 1 amide bonds. The quantitative estimate of drug-likeness (QED) is 0.378. The number of carbonyl (C=O) groups excluding carboxylic acids is 1. The van der Waals surface area contributed by atoms with E-state index in [9.17, 15) is 19.8 Å². The molecule has 1 aromatic carbocycles. The Hall–Kier alpha value is -3.31. The van der Waals surface area contributed by atoms with Crippen LogP contribution in [0.2, 0.25) is 0 Å². The molecule has 4 rings (SSSR count). The van der Waals surface area contributed by atoms with E-state index < -0.39 is 11.9 Å². The summed E-state index contributed by atoms with van der Waals surface area (Å²) in [5, 5.41) is 24.0. The van der Waals surface area contributed by atoms with E-state index in [0.717, 1.165) is 18.4 Å². The van der Waals surface area contributed by atoms with Gasteiger partial charge in [0.25, 0.3) is 0 Å². The molecule has 11 heteroatoms. The third kappa shape index (κ3) is 6.21. The van der Waals surface area contributed by atoms with E-state index in [2.05, 4.69) is 12.0 Å². The normalized spacial score (nSPS) is 20.6. The predicted molar refractivity (Wildman–Crippen MR) is 138 cm³/mol. The van der Waals surface area contributed by atoms with Crippen LogP contribution in [0, 0.1) is 5.92 Å². The number of amides is 1. The molecule has 0 unspecified atom stereocenters. The van der Waals surface area contributed by atoms with Crippen LogP contribution in [0.4, 0.5) is 0 Å². The van der Waals surface area contributed by atoms with Gasteiger partial charge in [-0.2, -0.15) is 5.10 Å². The summed E-state index contributed by atoms with van der Waals surface area (Å²) in [4.78, 5) is 30.0. The minimum Gasteiger partial charge on any atom is -0.493 e. The second-order valence-electron chi connectivity index (χ2n) is 9.79. The first-order valence-corrected chi connectivity index (χ1v) is 13.3. The number of benzene rings is 1. The molecule has 0 aliphatic carbocycles. The number of unbranched alkanes of at least 4 members (excludes halogenated alkanes) is 1. The third-order valence-electron chi connectivity index (χ3n) is 7.41. The van der Waals surface area contributed by atoms with Crippen molar-refractivity contribution in [2.24, 2.45) is 5.92 Å². The number of carboxylic acid groups (broad SMARTS) is 1. The number of aliphatic hydroxyl groups excluding tert-OH is 1. The van der Waals surface area contributed by atoms with Crippen molar-refractivity contribution in [2.45, 2.75) is 51.1 Å². The Morgan fingerprint density at radius 1 is 1.24 bits per heavy atom. The number of aliphatic hydroxyl groups is 1. The van der Waals surface area contributed by atoms with Gasteiger partial charge in [-0.3, -0.25) is 19.2 Å². The third-order valence-corrected chi connectivity index (χ3v) is 7.41. The van der Waals surface area contributed by atoms with Crippen molar-refractivity contribution >= 4 is 11.9 Å². The van der Waals surface area contributed by atoms with Crippen molar-refractivity contribution in [2.75, 3.05) is 46.7 Å². The second kappa shape index (κ2) is 13.0. The van der Waals surface area contributed by atoms with E-state index in [1.807, 2.05) is 29.3 Å². The number of hydrogen-bond acceptors (Lipinski definition) is 8. The second-order valence-corrected chi connectivity index (χ2v) is 9.79. The van der Waals surface area contributed by atoms with Gasteiger partial charge in [-0.15, -0.1) is 0 Å². The molecular formula is C27H38N4O7. The number of likely N-dealkylation sites (tertiary alicyclic amines) is 1. The number of ether oxygens (including phenoxy) is 3. The maximum atomic E-state index is 13.4. The number of fused-ring (bicyclic) bond motifs is 1. The predicted octanol–water partition coefficient (Wildman–Crippen LogP) is 2.19. The highest BCUT2D eigenvalue weighted by Gasteiger charge is 2.47. The molecule has 3 heterocycles. The van der Waals surface area contributed by atoms with Gasteiger partial charge in [0.1, 0.15) is 0 Å². The molecule has 3 atom stereocenters. The molecule has 0 spiro atoms. The first kappa shape index (κ1) is 27.7. The lowest BCUT2D eigenvalue weighted by Gasteiger charge is -2.29. The lowest BCUT2D eigenvalue weighted by molar-refractivity contribution is -0.144. The zero-order valence-electron chi connectivity index (χ0n) is 22.1. The zero-order chi connectivity index (χ0) is 27.1. The summed E-state index contributed by atoms with van der Waals surface area (Å²) in [6, 6.07) is 5.10. The van der Waals surface area contributed by atoms with Crippen LogP contribution in [0.1, 0.15) is 44.1 Å². The highest BCUT2D eigenvalue weighted by atomic mass is 16.7. The van der Waals surface area contributed by atoms with Crippen molar-refractivity contribution in [3.05, 3.63) is 36.2 Å². The molecule has 0 radical (unpaired) electrons. The topological polar surface area (TPSA) is 127 Å². The van der Waals surface area contributed by atoms with Gasteiger partial charge in [-0.1, -0.05) is 13.3 Å². The summed E-state index contributed by atoms with van der Waals surface area (Å²) < 4.78 is 18.4. The van der Waals surface area contributed by atoms with Gasteiger partial charge in [0, 0.05) is 57.1 Å². The van der Waals surface area contributed by atoms with E-state index in [1.165, 1.54) is 0 Å². The molecule has 0 bridgehead atoms. The maximum Gasteiger partial charge on any atom is 0.308 e. The average Bonchev–Trinajstić information content (AvgIpc) is 3.67. The largest absolute Gasteiger partial charge is 0.493 e. The lowest BCUT2D eigenvalue weighted by Crippen LogP contribution is -2.45. The zero-order valence-corrected chi connectivity index (χ0v) is 22.1. The number of rotatable bonds is 14. The summed E-state index contributed by atoms with van der Waals surface area (Å²) in [6.45, 7) is 4.31. The number of aryl methyl sites for hydroxylation is 1. The minimum atomic E-state index is -0.907. The van der Waals surface area contributed by atoms with Gasteiger partial charge < -0.3 is 29.3 Å². The van der Waals surface area contributed by atoms with Gasteiger partial charge in [0.2, 0.25) is 18.4 Å². The number of carbonyl (C=O) groups is 2. The van der Waals surface area contributed by atoms with Crippen LogP contribution in [-0.4, -0.2) is 94.4 Å². The number of nitrogens with zero attached hydrogens (tertiary/aromatic N) is 4. The van der Waals surface area contributed by atoms with E-state index in [4.69, 9.17) is 14.2 Å². The Kier molecular flexibility index (Phi) is 9.46. The van der Waals surface area contributed by atoms with Crippen LogP contribution < -0.4 is 14.2 Å². The Labute approximate surface area is 222 Å². The minimum absolute atomic E-state index is 0.0151. The summed E-state index contributed by atoms with van der Waals surface area (Å²) in [5.41, 5.74) is 0.778. The fourth-order valence-corrected chi connectivity index (χ4v) is 5.50. The maximum absolute atomic E-state index is 13.4. The number of carboxylic acids is 1. The van der Waals surface area contributed by atoms with Crippen molar-refractivity contribution in [1.82, 2.24) is 19.6 Å². The smallest absolute Gasteiger partial charge is 0.308 e. The summed E-state index contributed by atoms with van der Waals surface area (Å²) >= 11 is 0. The summed E-state index contributed by atoms with van der Waals surface area (Å²) in [5.74, 6) is -0.548. The van der Waals surface area contributed by atoms with Gasteiger partial charge in [0.15, 0.2) is 11.5 Å². The molecule has 2 aliphatic heterocycles. The van der Waals surface area contributed by atoms with Crippen molar-refractivity contribution < 1.29 is 34.0 Å². The molecular weight excluding hydrogens is 492 g/mol. The molecule has 1 saturated heterocycles. The van der Waals surface area contributed by atoms with Crippen molar-refractivity contribution in [1.29, 1.82) is 0 Å². The molecule has 1 aromatic heterocycles. The van der Waals surface area contributed by atoms with E-state index in [-0.39, 0.29) is 37.8 Å². The van der Waals surface area contributed by atoms with Gasteiger partial charge >= 0.3 is 5.97 Å². The Morgan fingerprint density at radius 3 is 2.74 bits per heavy atom. The van der Waals surface area contributed by atoms with E-state index in [0.29, 0.717) is 56.3 Å². The summed E-state index contributed by atoms with van der Waals surface area (Å²) in [6.07, 6.45) is 6.40. The molecule has 0 saturated carbocycles. The molecule has 11 nitrogen and oxygen atoms in total. The van der Waals surface area contributed by atoms with Crippen LogP contribution in [0.15, 0.2) is 30.6 Å². The van der Waals surface area contributed by atoms with E-state index >= 15 is 0 Å². The van der Waals surface area contributed by atoms with Crippen LogP contribution in [-0.2, 0) is 16.1 Å². The monoisotopic (exact) mass is 530 g/mol. The van der Waals surface area contributed by atoms with Crippen LogP contribution in [0.5, 0.6) is 17.2 Å². The molecule has 1 fully saturated rings. The molecule has 38 heavy (non-hydrogen) atoms. The van der Waals surface area contributed by atoms with Crippen LogP contribution in [0.25, 0.3) is 0 Å². The van der Waals surface area contributed by atoms with E-state index in [1.54, 1.807) is 22.9 Å². The Morgan fingerprint density at radius 2 is 2.05 bits per heavy atom. The first-order valence-electron chi connectivity index (χ1n) is 13.3. The Bertz CT molecular complexity index is 1070. The van der Waals surface area contributed by atoms with Crippen LogP contribution >= 0.6 is 0 Å². The Balaban J connectivity index is 1.62. The highest BCUT2D eigenvalue weighted by Crippen LogP contribution is 2.47. The number of aromatic nitrogens is 2. The van der Waals surface area contributed by atoms with Gasteiger partial charge in [-0.25, -0.2) is 0 Å². The number of hydrogen-bond donors (Lipinski definition) is 2. The molecule has 2 N–H and O–H groups in total. The standard InChI is InChI=1S/C27H38N4O7/c1-3-4-9-29(10-6-13-32)24(33)17-30-16-20(19-14-22(36-2)26-23(15-19)37-18-38-26)25(27(34)35)21(30)7-12-31-11-5-8-28-31/h5,8,11,14-15,20-21,25,32H,3-4,6-7,9-10,12-13,16-18H2,1-2H3,(H,34,35)/t20-,21+,25-/m1/s1. The summed E-state index contributed by atoms with van der Waals surface area (Å²) in [7, 11) is 1.54.